The van der Waals surface area contributed by atoms with Crippen molar-refractivity contribution in [2.24, 2.45) is 11.8 Å². The highest BCUT2D eigenvalue weighted by atomic mass is 19.4. The molecule has 1 saturated carbocycles. The maximum absolute atomic E-state index is 12.5. The van der Waals surface area contributed by atoms with E-state index >= 15 is 0 Å². The fourth-order valence-electron chi connectivity index (χ4n) is 1.84. The number of ketones is 1. The highest BCUT2D eigenvalue weighted by molar-refractivity contribution is 6.00. The van der Waals surface area contributed by atoms with Gasteiger partial charge in [-0.05, 0) is 24.5 Å². The van der Waals surface area contributed by atoms with Gasteiger partial charge in [-0.15, -0.1) is 6.58 Å². The highest BCUT2D eigenvalue weighted by Crippen LogP contribution is 2.42. The second-order valence-corrected chi connectivity index (χ2v) is 4.18. The Bertz CT molecular complexity index is 462. The molecule has 1 nitrogen and oxygen atoms in total. The number of allylic oxidation sites excluding steroid dienone is 1. The van der Waals surface area contributed by atoms with E-state index in [2.05, 4.69) is 6.58 Å². The zero-order valence-corrected chi connectivity index (χ0v) is 9.00. The molecule has 1 aromatic carbocycles. The van der Waals surface area contributed by atoms with Crippen LogP contribution in [0, 0.1) is 11.8 Å². The molecule has 1 aliphatic rings. The molecule has 0 unspecified atom stereocenters. The summed E-state index contributed by atoms with van der Waals surface area (Å²) in [6.45, 7) is 3.57. The van der Waals surface area contributed by atoms with Gasteiger partial charge in [-0.2, -0.15) is 13.2 Å². The molecule has 0 amide bonds. The fourth-order valence-corrected chi connectivity index (χ4v) is 1.84. The second-order valence-electron chi connectivity index (χ2n) is 4.18. The van der Waals surface area contributed by atoms with Crippen molar-refractivity contribution in [2.75, 3.05) is 0 Å². The van der Waals surface area contributed by atoms with Crippen LogP contribution in [-0.4, -0.2) is 5.78 Å². The number of halogens is 3. The summed E-state index contributed by atoms with van der Waals surface area (Å²) in [6, 6.07) is 4.58. The van der Waals surface area contributed by atoms with Crippen molar-refractivity contribution in [1.82, 2.24) is 0 Å². The van der Waals surface area contributed by atoms with E-state index in [0.717, 1.165) is 12.1 Å². The average molecular weight is 240 g/mol. The largest absolute Gasteiger partial charge is 0.416 e. The highest BCUT2D eigenvalue weighted by Gasteiger charge is 2.41. The number of carbonyl (C=O) groups excluding carboxylic acids is 1. The fraction of sp³-hybridized carbons (Fsp3) is 0.308. The van der Waals surface area contributed by atoms with E-state index in [4.69, 9.17) is 0 Å². The van der Waals surface area contributed by atoms with Gasteiger partial charge >= 0.3 is 6.18 Å². The van der Waals surface area contributed by atoms with Crippen molar-refractivity contribution < 1.29 is 18.0 Å². The monoisotopic (exact) mass is 240 g/mol. The van der Waals surface area contributed by atoms with Crippen LogP contribution in [0.2, 0.25) is 0 Å². The molecule has 17 heavy (non-hydrogen) atoms. The van der Waals surface area contributed by atoms with E-state index in [-0.39, 0.29) is 23.2 Å². The quantitative estimate of drug-likeness (QED) is 0.581. The lowest BCUT2D eigenvalue weighted by Crippen LogP contribution is -2.08. The van der Waals surface area contributed by atoms with Crippen LogP contribution < -0.4 is 0 Å². The van der Waals surface area contributed by atoms with Crippen molar-refractivity contribution in [3.63, 3.8) is 0 Å². The molecule has 0 heterocycles. The summed E-state index contributed by atoms with van der Waals surface area (Å²) in [7, 11) is 0. The van der Waals surface area contributed by atoms with Crippen LogP contribution in [0.5, 0.6) is 0 Å². The number of rotatable bonds is 3. The van der Waals surface area contributed by atoms with E-state index < -0.39 is 11.7 Å². The maximum atomic E-state index is 12.5. The summed E-state index contributed by atoms with van der Waals surface area (Å²) in [5.74, 6) is -0.283. The Hall–Kier alpha value is -1.58. The minimum Gasteiger partial charge on any atom is -0.294 e. The second kappa shape index (κ2) is 4.02. The van der Waals surface area contributed by atoms with Crippen LogP contribution in [0.15, 0.2) is 36.9 Å². The Morgan fingerprint density at radius 3 is 2.65 bits per heavy atom. The first kappa shape index (κ1) is 11.9. The molecule has 0 N–H and O–H groups in total. The van der Waals surface area contributed by atoms with Crippen LogP contribution in [0.25, 0.3) is 0 Å². The molecule has 0 spiro atoms. The predicted octanol–water partition coefficient (Wildman–Crippen LogP) is 3.71. The van der Waals surface area contributed by atoms with E-state index in [0.29, 0.717) is 6.42 Å². The van der Waals surface area contributed by atoms with Crippen molar-refractivity contribution in [1.29, 1.82) is 0 Å². The van der Waals surface area contributed by atoms with Crippen LogP contribution in [0.1, 0.15) is 22.3 Å². The molecule has 1 fully saturated rings. The summed E-state index contributed by atoms with van der Waals surface area (Å²) in [6.07, 6.45) is -2.04. The third-order valence-corrected chi connectivity index (χ3v) is 2.95. The number of benzene rings is 1. The number of Topliss-reactive ketones (excluding diaryl/α,β-unsaturated/α-hetero) is 1. The number of carbonyl (C=O) groups is 1. The number of hydrogen-bond acceptors (Lipinski definition) is 1. The SMILES string of the molecule is C=C[C@@H]1C[C@H]1C(=O)c1cccc(C(F)(F)F)c1. The molecule has 0 aromatic heterocycles. The topological polar surface area (TPSA) is 17.1 Å². The third-order valence-electron chi connectivity index (χ3n) is 2.95. The van der Waals surface area contributed by atoms with Gasteiger partial charge in [-0.25, -0.2) is 0 Å². The van der Waals surface area contributed by atoms with Gasteiger partial charge in [0.05, 0.1) is 5.56 Å². The zero-order valence-electron chi connectivity index (χ0n) is 9.00. The van der Waals surface area contributed by atoms with Crippen LogP contribution in [0.4, 0.5) is 13.2 Å². The summed E-state index contributed by atoms with van der Waals surface area (Å²) in [5.41, 5.74) is -0.645. The summed E-state index contributed by atoms with van der Waals surface area (Å²) >= 11 is 0. The molecule has 0 bridgehead atoms. The van der Waals surface area contributed by atoms with Gasteiger partial charge in [0, 0.05) is 11.5 Å². The van der Waals surface area contributed by atoms with Crippen LogP contribution >= 0.6 is 0 Å². The summed E-state index contributed by atoms with van der Waals surface area (Å²) in [4.78, 5) is 11.8. The lowest BCUT2D eigenvalue weighted by Gasteiger charge is -2.07. The van der Waals surface area contributed by atoms with Gasteiger partial charge in [0.1, 0.15) is 0 Å². The van der Waals surface area contributed by atoms with Crippen LogP contribution in [0.3, 0.4) is 0 Å². The molecular weight excluding hydrogens is 229 g/mol. The van der Waals surface area contributed by atoms with Crippen LogP contribution in [-0.2, 0) is 6.18 Å². The average Bonchev–Trinajstić information content (AvgIpc) is 3.06. The van der Waals surface area contributed by atoms with Gasteiger partial charge in [0.25, 0.3) is 0 Å². The van der Waals surface area contributed by atoms with Gasteiger partial charge in [0.2, 0.25) is 0 Å². The first-order valence-electron chi connectivity index (χ1n) is 5.27. The third kappa shape index (κ3) is 2.40. The molecule has 1 aliphatic carbocycles. The standard InChI is InChI=1S/C13H11F3O/c1-2-8-7-11(8)12(17)9-4-3-5-10(6-9)13(14,15)16/h2-6,8,11H,1,7H2/t8-,11-/m1/s1. The van der Waals surface area contributed by atoms with Gasteiger partial charge in [-0.3, -0.25) is 4.79 Å². The molecular formula is C13H11F3O. The predicted molar refractivity (Wildman–Crippen MR) is 57.6 cm³/mol. The molecule has 0 radical (unpaired) electrons. The lowest BCUT2D eigenvalue weighted by molar-refractivity contribution is -0.137. The Labute approximate surface area is 96.9 Å². The first-order valence-corrected chi connectivity index (χ1v) is 5.27. The minimum atomic E-state index is -4.41. The van der Waals surface area contributed by atoms with Crippen molar-refractivity contribution in [3.05, 3.63) is 48.0 Å². The molecule has 90 valence electrons. The zero-order chi connectivity index (χ0) is 12.6. The van der Waals surface area contributed by atoms with E-state index in [1.165, 1.54) is 12.1 Å². The van der Waals surface area contributed by atoms with E-state index in [1.807, 2.05) is 0 Å². The smallest absolute Gasteiger partial charge is 0.294 e. The Morgan fingerprint density at radius 2 is 2.12 bits per heavy atom. The molecule has 0 saturated heterocycles. The normalized spacial score (nSPS) is 23.2. The van der Waals surface area contributed by atoms with Crippen molar-refractivity contribution >= 4 is 5.78 Å². The maximum Gasteiger partial charge on any atom is 0.416 e. The van der Waals surface area contributed by atoms with Crippen molar-refractivity contribution in [3.8, 4) is 0 Å². The minimum absolute atomic E-state index is 0.122. The lowest BCUT2D eigenvalue weighted by atomic mass is 10.0. The molecule has 1 aromatic rings. The summed E-state index contributed by atoms with van der Waals surface area (Å²) in [5, 5.41) is 0. The summed E-state index contributed by atoms with van der Waals surface area (Å²) < 4.78 is 37.4. The van der Waals surface area contributed by atoms with E-state index in [9.17, 15) is 18.0 Å². The Morgan fingerprint density at radius 1 is 1.41 bits per heavy atom. The molecule has 2 rings (SSSR count). The number of alkyl halides is 3. The molecule has 4 heteroatoms. The van der Waals surface area contributed by atoms with Gasteiger partial charge < -0.3 is 0 Å². The van der Waals surface area contributed by atoms with Gasteiger partial charge in [0.15, 0.2) is 5.78 Å². The molecule has 2 atom stereocenters. The van der Waals surface area contributed by atoms with Crippen molar-refractivity contribution in [2.45, 2.75) is 12.6 Å². The van der Waals surface area contributed by atoms with Gasteiger partial charge in [-0.1, -0.05) is 18.2 Å². The molecule has 0 aliphatic heterocycles. The van der Waals surface area contributed by atoms with E-state index in [1.54, 1.807) is 6.08 Å². The first-order chi connectivity index (χ1) is 7.93. The Kier molecular flexibility index (Phi) is 2.81. The number of hydrogen-bond donors (Lipinski definition) is 0. The Balaban J connectivity index is 2.22.